The van der Waals surface area contributed by atoms with Gasteiger partial charge in [-0.1, -0.05) is 35.9 Å². The van der Waals surface area contributed by atoms with Crippen LogP contribution in [0.5, 0.6) is 5.75 Å². The molecule has 5 nitrogen and oxygen atoms in total. The zero-order valence-electron chi connectivity index (χ0n) is 12.4. The van der Waals surface area contributed by atoms with Gasteiger partial charge in [0.25, 0.3) is 10.0 Å². The molecule has 24 heavy (non-hydrogen) atoms. The van der Waals surface area contributed by atoms with E-state index in [0.717, 1.165) is 0 Å². The minimum absolute atomic E-state index is 0.0609. The summed E-state index contributed by atoms with van der Waals surface area (Å²) < 4.78 is 29.7. The molecule has 126 valence electrons. The van der Waals surface area contributed by atoms with E-state index in [0.29, 0.717) is 17.9 Å². The number of hydrogen-bond donors (Lipinski definition) is 1. The molecule has 0 aromatic heterocycles. The van der Waals surface area contributed by atoms with Gasteiger partial charge in [0, 0.05) is 5.02 Å². The Morgan fingerprint density at radius 2 is 1.88 bits per heavy atom. The summed E-state index contributed by atoms with van der Waals surface area (Å²) in [7, 11) is -3.90. The molecule has 0 aliphatic carbocycles. The maximum atomic E-state index is 12.2. The van der Waals surface area contributed by atoms with Crippen LogP contribution in [0.4, 0.5) is 0 Å². The standard InChI is InChI=1S/C16H14Cl2N2O3S/c1-2-9-23-14-6-3-12(4-7-14)11-19-20-24(21,22)16-10-13(17)5-8-15(16)18/h2-8,10-11,20H,1,9H2/b19-11-. The first kappa shape index (κ1) is 18.3. The molecule has 2 aromatic carbocycles. The Labute approximate surface area is 150 Å². The molecule has 0 unspecified atom stereocenters. The van der Waals surface area contributed by atoms with Gasteiger partial charge < -0.3 is 4.74 Å². The van der Waals surface area contributed by atoms with Gasteiger partial charge in [0.1, 0.15) is 17.3 Å². The molecular weight excluding hydrogens is 371 g/mol. The summed E-state index contributed by atoms with van der Waals surface area (Å²) in [5.41, 5.74) is 0.695. The number of hydrogen-bond acceptors (Lipinski definition) is 4. The van der Waals surface area contributed by atoms with Crippen molar-refractivity contribution < 1.29 is 13.2 Å². The first-order valence-corrected chi connectivity index (χ1v) is 9.00. The Balaban J connectivity index is 2.07. The number of benzene rings is 2. The van der Waals surface area contributed by atoms with Crippen molar-refractivity contribution in [3.63, 3.8) is 0 Å². The van der Waals surface area contributed by atoms with Crippen LogP contribution < -0.4 is 9.57 Å². The summed E-state index contributed by atoms with van der Waals surface area (Å²) in [6.07, 6.45) is 3.01. The molecule has 0 bridgehead atoms. The summed E-state index contributed by atoms with van der Waals surface area (Å²) in [5, 5.41) is 4.05. The maximum Gasteiger partial charge on any atom is 0.278 e. The van der Waals surface area contributed by atoms with Crippen LogP contribution in [-0.4, -0.2) is 21.2 Å². The van der Waals surface area contributed by atoms with E-state index >= 15 is 0 Å². The Hall–Kier alpha value is -2.02. The van der Waals surface area contributed by atoms with Crippen LogP contribution >= 0.6 is 23.2 Å². The van der Waals surface area contributed by atoms with Gasteiger partial charge in [0.2, 0.25) is 0 Å². The third kappa shape index (κ3) is 4.99. The normalized spacial score (nSPS) is 11.4. The van der Waals surface area contributed by atoms with Crippen molar-refractivity contribution in [1.29, 1.82) is 0 Å². The van der Waals surface area contributed by atoms with E-state index in [-0.39, 0.29) is 14.9 Å². The third-order valence-corrected chi connectivity index (χ3v) is 4.76. The van der Waals surface area contributed by atoms with E-state index in [1.807, 2.05) is 0 Å². The summed E-state index contributed by atoms with van der Waals surface area (Å²) in [6, 6.07) is 11.1. The molecule has 0 spiro atoms. The fraction of sp³-hybridized carbons (Fsp3) is 0.0625. The third-order valence-electron chi connectivity index (χ3n) is 2.82. The van der Waals surface area contributed by atoms with Crippen LogP contribution in [0.25, 0.3) is 0 Å². The number of ether oxygens (including phenoxy) is 1. The van der Waals surface area contributed by atoms with Gasteiger partial charge in [-0.05, 0) is 48.0 Å². The fourth-order valence-corrected chi connectivity index (χ4v) is 3.26. The quantitative estimate of drug-likeness (QED) is 0.447. The Morgan fingerprint density at radius 3 is 2.54 bits per heavy atom. The van der Waals surface area contributed by atoms with Crippen molar-refractivity contribution in [3.8, 4) is 5.75 Å². The van der Waals surface area contributed by atoms with Gasteiger partial charge in [0.15, 0.2) is 0 Å². The second-order valence-electron chi connectivity index (χ2n) is 4.60. The summed E-state index contributed by atoms with van der Waals surface area (Å²) >= 11 is 11.7. The van der Waals surface area contributed by atoms with Crippen LogP contribution in [0.1, 0.15) is 5.56 Å². The van der Waals surface area contributed by atoms with E-state index < -0.39 is 10.0 Å². The lowest BCUT2D eigenvalue weighted by Crippen LogP contribution is -2.18. The van der Waals surface area contributed by atoms with E-state index in [2.05, 4.69) is 16.5 Å². The minimum Gasteiger partial charge on any atom is -0.490 e. The summed E-state index contributed by atoms with van der Waals surface area (Å²) in [6.45, 7) is 3.97. The molecule has 0 aliphatic rings. The van der Waals surface area contributed by atoms with Crippen LogP contribution in [0.3, 0.4) is 0 Å². The smallest absolute Gasteiger partial charge is 0.278 e. The van der Waals surface area contributed by atoms with Crippen LogP contribution in [-0.2, 0) is 10.0 Å². The van der Waals surface area contributed by atoms with Crippen LogP contribution in [0.15, 0.2) is 65.1 Å². The summed E-state index contributed by atoms with van der Waals surface area (Å²) in [5.74, 6) is 0.679. The molecule has 0 heterocycles. The van der Waals surface area contributed by atoms with E-state index in [4.69, 9.17) is 27.9 Å². The number of rotatable bonds is 7. The highest BCUT2D eigenvalue weighted by Crippen LogP contribution is 2.24. The minimum atomic E-state index is -3.90. The van der Waals surface area contributed by atoms with E-state index in [9.17, 15) is 8.42 Å². The number of nitrogens with zero attached hydrogens (tertiary/aromatic N) is 1. The summed E-state index contributed by atoms with van der Waals surface area (Å²) in [4.78, 5) is 1.96. The van der Waals surface area contributed by atoms with Crippen molar-refractivity contribution in [2.45, 2.75) is 4.90 Å². The molecule has 0 amide bonds. The highest BCUT2D eigenvalue weighted by atomic mass is 35.5. The monoisotopic (exact) mass is 384 g/mol. The molecule has 0 fully saturated rings. The molecule has 2 aromatic rings. The SMILES string of the molecule is C=CCOc1ccc(/C=N\NS(=O)(=O)c2cc(Cl)ccc2Cl)cc1. The second-order valence-corrected chi connectivity index (χ2v) is 7.07. The molecule has 0 saturated heterocycles. The van der Waals surface area contributed by atoms with Crippen molar-refractivity contribution in [2.75, 3.05) is 6.61 Å². The predicted octanol–water partition coefficient (Wildman–Crippen LogP) is 3.87. The fourth-order valence-electron chi connectivity index (χ4n) is 1.71. The Bertz CT molecular complexity index is 850. The van der Waals surface area contributed by atoms with Gasteiger partial charge in [-0.15, -0.1) is 0 Å². The lowest BCUT2D eigenvalue weighted by atomic mass is 10.2. The molecule has 0 atom stereocenters. The predicted molar refractivity (Wildman–Crippen MR) is 96.5 cm³/mol. The average Bonchev–Trinajstić information content (AvgIpc) is 2.56. The van der Waals surface area contributed by atoms with E-state index in [1.165, 1.54) is 24.4 Å². The zero-order valence-corrected chi connectivity index (χ0v) is 14.8. The van der Waals surface area contributed by atoms with Crippen molar-refractivity contribution in [3.05, 3.63) is 70.7 Å². The molecule has 1 N–H and O–H groups in total. The van der Waals surface area contributed by atoms with Crippen LogP contribution in [0, 0.1) is 0 Å². The zero-order chi connectivity index (χ0) is 17.6. The number of hydrazone groups is 1. The lowest BCUT2D eigenvalue weighted by Gasteiger charge is -2.06. The van der Waals surface area contributed by atoms with Crippen molar-refractivity contribution >= 4 is 39.4 Å². The van der Waals surface area contributed by atoms with Crippen LogP contribution in [0.2, 0.25) is 10.0 Å². The van der Waals surface area contributed by atoms with Gasteiger partial charge in [-0.25, -0.2) is 4.83 Å². The Kier molecular flexibility index (Phi) is 6.25. The average molecular weight is 385 g/mol. The topological polar surface area (TPSA) is 67.8 Å². The largest absolute Gasteiger partial charge is 0.490 e. The molecule has 0 saturated carbocycles. The lowest BCUT2D eigenvalue weighted by molar-refractivity contribution is 0.363. The Morgan fingerprint density at radius 1 is 1.17 bits per heavy atom. The highest BCUT2D eigenvalue weighted by molar-refractivity contribution is 7.89. The molecule has 0 aliphatic heterocycles. The van der Waals surface area contributed by atoms with Gasteiger partial charge in [-0.3, -0.25) is 0 Å². The maximum absolute atomic E-state index is 12.2. The van der Waals surface area contributed by atoms with Gasteiger partial charge >= 0.3 is 0 Å². The van der Waals surface area contributed by atoms with E-state index in [1.54, 1.807) is 30.3 Å². The number of sulfonamides is 1. The molecule has 2 rings (SSSR count). The second kappa shape index (κ2) is 8.19. The molecule has 8 heteroatoms. The first-order chi connectivity index (χ1) is 11.4. The van der Waals surface area contributed by atoms with Crippen molar-refractivity contribution in [2.24, 2.45) is 5.10 Å². The molecular formula is C16H14Cl2N2O3S. The highest BCUT2D eigenvalue weighted by Gasteiger charge is 2.17. The number of halogens is 2. The number of nitrogens with one attached hydrogen (secondary N) is 1. The van der Waals surface area contributed by atoms with Crippen molar-refractivity contribution in [1.82, 2.24) is 4.83 Å². The van der Waals surface area contributed by atoms with Gasteiger partial charge in [-0.2, -0.15) is 13.5 Å². The van der Waals surface area contributed by atoms with Gasteiger partial charge in [0.05, 0.1) is 11.2 Å². The first-order valence-electron chi connectivity index (χ1n) is 6.76. The molecule has 0 radical (unpaired) electrons.